The molecule has 0 radical (unpaired) electrons. The van der Waals surface area contributed by atoms with Crippen molar-refractivity contribution in [2.24, 2.45) is 0 Å². The van der Waals surface area contributed by atoms with E-state index in [1.54, 1.807) is 24.3 Å². The zero-order valence-electron chi connectivity index (χ0n) is 17.4. The van der Waals surface area contributed by atoms with Gasteiger partial charge in [0.15, 0.2) is 4.34 Å². The van der Waals surface area contributed by atoms with Crippen LogP contribution in [0.3, 0.4) is 0 Å². The monoisotopic (exact) mass is 465 g/mol. The third-order valence-electron chi connectivity index (χ3n) is 4.71. The highest BCUT2D eigenvalue weighted by molar-refractivity contribution is 8.02. The molecule has 4 rings (SSSR count). The minimum atomic E-state index is -0.569. The number of amides is 2. The molecule has 4 aromatic rings. The summed E-state index contributed by atoms with van der Waals surface area (Å²) in [5.74, 6) is -1.18. The Morgan fingerprint density at radius 3 is 2.47 bits per heavy atom. The molecule has 0 aliphatic rings. The number of rotatable bonds is 6. The Morgan fingerprint density at radius 2 is 1.72 bits per heavy atom. The number of halogens is 1. The predicted octanol–water partition coefficient (Wildman–Crippen LogP) is 6.12. The molecule has 32 heavy (non-hydrogen) atoms. The maximum Gasteiger partial charge on any atom is 0.258 e. The number of thiazole rings is 1. The quantitative estimate of drug-likeness (QED) is 0.337. The molecular formula is C24H20FN3O2S2. The van der Waals surface area contributed by atoms with Gasteiger partial charge in [-0.1, -0.05) is 41.6 Å². The largest absolute Gasteiger partial charge is 0.325 e. The van der Waals surface area contributed by atoms with Crippen LogP contribution in [0, 0.1) is 12.7 Å². The van der Waals surface area contributed by atoms with Crippen LogP contribution in [-0.4, -0.2) is 22.0 Å². The van der Waals surface area contributed by atoms with E-state index in [0.717, 1.165) is 25.8 Å². The van der Waals surface area contributed by atoms with Gasteiger partial charge in [0, 0.05) is 11.4 Å². The molecule has 5 nitrogen and oxygen atoms in total. The summed E-state index contributed by atoms with van der Waals surface area (Å²) in [7, 11) is 0. The summed E-state index contributed by atoms with van der Waals surface area (Å²) in [5, 5.41) is 5.30. The Hall–Kier alpha value is -3.23. The van der Waals surface area contributed by atoms with Crippen molar-refractivity contribution in [2.45, 2.75) is 23.4 Å². The Bertz CT molecular complexity index is 1290. The molecule has 2 amide bonds. The normalized spacial score (nSPS) is 11.8. The summed E-state index contributed by atoms with van der Waals surface area (Å²) in [6.45, 7) is 3.83. The number of nitrogens with one attached hydrogen (secondary N) is 2. The summed E-state index contributed by atoms with van der Waals surface area (Å²) >= 11 is 2.81. The van der Waals surface area contributed by atoms with E-state index in [9.17, 15) is 14.0 Å². The van der Waals surface area contributed by atoms with Crippen molar-refractivity contribution in [3.8, 4) is 0 Å². The predicted molar refractivity (Wildman–Crippen MR) is 129 cm³/mol. The molecule has 0 bridgehead atoms. The van der Waals surface area contributed by atoms with Gasteiger partial charge in [-0.2, -0.15) is 0 Å². The molecule has 1 atom stereocenters. The van der Waals surface area contributed by atoms with Gasteiger partial charge in [-0.15, -0.1) is 11.3 Å². The van der Waals surface area contributed by atoms with E-state index >= 15 is 0 Å². The Labute approximate surface area is 193 Å². The van der Waals surface area contributed by atoms with Crippen molar-refractivity contribution in [3.63, 3.8) is 0 Å². The summed E-state index contributed by atoms with van der Waals surface area (Å²) in [6.07, 6.45) is 0. The fourth-order valence-corrected chi connectivity index (χ4v) is 5.21. The van der Waals surface area contributed by atoms with E-state index in [-0.39, 0.29) is 16.7 Å². The van der Waals surface area contributed by atoms with Crippen molar-refractivity contribution < 1.29 is 14.0 Å². The molecule has 0 aliphatic heterocycles. The second-order valence-electron chi connectivity index (χ2n) is 7.21. The van der Waals surface area contributed by atoms with Crippen LogP contribution in [0.25, 0.3) is 10.2 Å². The van der Waals surface area contributed by atoms with Gasteiger partial charge in [0.1, 0.15) is 5.82 Å². The average Bonchev–Trinajstić information content (AvgIpc) is 3.17. The molecule has 2 N–H and O–H groups in total. The van der Waals surface area contributed by atoms with Gasteiger partial charge >= 0.3 is 0 Å². The van der Waals surface area contributed by atoms with Crippen LogP contribution in [0.15, 0.2) is 71.1 Å². The van der Waals surface area contributed by atoms with Crippen molar-refractivity contribution in [2.75, 3.05) is 10.6 Å². The van der Waals surface area contributed by atoms with Crippen molar-refractivity contribution in [1.82, 2.24) is 4.98 Å². The molecule has 1 aromatic heterocycles. The second-order valence-corrected chi connectivity index (χ2v) is 9.83. The third-order valence-corrected chi connectivity index (χ3v) is 6.92. The minimum absolute atomic E-state index is 0.0124. The summed E-state index contributed by atoms with van der Waals surface area (Å²) in [5.41, 5.74) is 3.20. The van der Waals surface area contributed by atoms with Gasteiger partial charge in [-0.25, -0.2) is 9.37 Å². The Morgan fingerprint density at radius 1 is 1.00 bits per heavy atom. The van der Waals surface area contributed by atoms with Crippen molar-refractivity contribution in [3.05, 3.63) is 83.7 Å². The first-order valence-electron chi connectivity index (χ1n) is 9.90. The van der Waals surface area contributed by atoms with Gasteiger partial charge in [0.25, 0.3) is 5.91 Å². The maximum atomic E-state index is 13.8. The standard InChI is InChI=1S/C24H20FN3O2S2/c1-14-7-9-16(10-8-14)26-22(29)15(2)31-24-28-20-12-11-17(13-21(20)32-24)27-23(30)18-5-3-4-6-19(18)25/h3-13,15H,1-2H3,(H,26,29)(H,27,30). The number of benzene rings is 3. The lowest BCUT2D eigenvalue weighted by Gasteiger charge is -2.10. The van der Waals surface area contributed by atoms with Crippen LogP contribution < -0.4 is 10.6 Å². The highest BCUT2D eigenvalue weighted by Gasteiger charge is 2.18. The lowest BCUT2D eigenvalue weighted by molar-refractivity contribution is -0.115. The van der Waals surface area contributed by atoms with E-state index in [1.807, 2.05) is 38.1 Å². The maximum absolute atomic E-state index is 13.8. The van der Waals surface area contributed by atoms with E-state index in [4.69, 9.17) is 0 Å². The van der Waals surface area contributed by atoms with Gasteiger partial charge < -0.3 is 10.6 Å². The van der Waals surface area contributed by atoms with E-state index < -0.39 is 11.7 Å². The van der Waals surface area contributed by atoms with E-state index in [1.165, 1.54) is 41.3 Å². The number of carbonyl (C=O) groups excluding carboxylic acids is 2. The Kier molecular flexibility index (Phi) is 6.53. The average molecular weight is 466 g/mol. The fraction of sp³-hybridized carbons (Fsp3) is 0.125. The highest BCUT2D eigenvalue weighted by Crippen LogP contribution is 2.34. The molecule has 0 saturated carbocycles. The lowest BCUT2D eigenvalue weighted by Crippen LogP contribution is -2.22. The van der Waals surface area contributed by atoms with Gasteiger partial charge in [0.05, 0.1) is 21.0 Å². The molecule has 3 aromatic carbocycles. The van der Waals surface area contributed by atoms with Gasteiger partial charge in [-0.3, -0.25) is 9.59 Å². The number of aromatic nitrogens is 1. The topological polar surface area (TPSA) is 71.1 Å². The number of thioether (sulfide) groups is 1. The van der Waals surface area contributed by atoms with Crippen LogP contribution >= 0.6 is 23.1 Å². The first kappa shape index (κ1) is 22.0. The number of fused-ring (bicyclic) bond motifs is 1. The third kappa shape index (κ3) is 5.15. The summed E-state index contributed by atoms with van der Waals surface area (Å²) < 4.78 is 15.5. The van der Waals surface area contributed by atoms with Crippen LogP contribution in [0.5, 0.6) is 0 Å². The first-order valence-corrected chi connectivity index (χ1v) is 11.6. The fourth-order valence-electron chi connectivity index (χ4n) is 2.96. The second kappa shape index (κ2) is 9.50. The van der Waals surface area contributed by atoms with Crippen molar-refractivity contribution >= 4 is 56.5 Å². The smallest absolute Gasteiger partial charge is 0.258 e. The number of hydrogen-bond acceptors (Lipinski definition) is 5. The van der Waals surface area contributed by atoms with Crippen molar-refractivity contribution in [1.29, 1.82) is 0 Å². The zero-order valence-corrected chi connectivity index (χ0v) is 19.0. The molecule has 1 heterocycles. The molecule has 0 aliphatic carbocycles. The van der Waals surface area contributed by atoms with E-state index in [2.05, 4.69) is 15.6 Å². The van der Waals surface area contributed by atoms with Gasteiger partial charge in [-0.05, 0) is 56.3 Å². The molecule has 0 spiro atoms. The SMILES string of the molecule is Cc1ccc(NC(=O)C(C)Sc2nc3ccc(NC(=O)c4ccccc4F)cc3s2)cc1. The molecular weight excluding hydrogens is 445 g/mol. The molecule has 162 valence electrons. The minimum Gasteiger partial charge on any atom is -0.325 e. The number of anilines is 2. The number of aryl methyl sites for hydroxylation is 1. The molecule has 0 saturated heterocycles. The summed E-state index contributed by atoms with van der Waals surface area (Å²) in [6, 6.07) is 18.8. The number of nitrogens with zero attached hydrogens (tertiary/aromatic N) is 1. The van der Waals surface area contributed by atoms with E-state index in [0.29, 0.717) is 5.69 Å². The highest BCUT2D eigenvalue weighted by atomic mass is 32.2. The molecule has 1 unspecified atom stereocenters. The van der Waals surface area contributed by atoms with Crippen LogP contribution in [0.4, 0.5) is 15.8 Å². The number of hydrogen-bond donors (Lipinski definition) is 2. The van der Waals surface area contributed by atoms with Crippen LogP contribution in [-0.2, 0) is 4.79 Å². The zero-order chi connectivity index (χ0) is 22.7. The molecule has 0 fully saturated rings. The lowest BCUT2D eigenvalue weighted by atomic mass is 10.2. The van der Waals surface area contributed by atoms with Crippen LogP contribution in [0.1, 0.15) is 22.8 Å². The first-order chi connectivity index (χ1) is 15.4. The van der Waals surface area contributed by atoms with Gasteiger partial charge in [0.2, 0.25) is 5.91 Å². The molecule has 8 heteroatoms. The van der Waals surface area contributed by atoms with Crippen LogP contribution in [0.2, 0.25) is 0 Å². The Balaban J connectivity index is 1.43. The number of carbonyl (C=O) groups is 2. The summed E-state index contributed by atoms with van der Waals surface area (Å²) in [4.78, 5) is 29.4.